The minimum atomic E-state index is -0.810. The minimum absolute atomic E-state index is 0.632. The second-order valence-corrected chi connectivity index (χ2v) is 3.55. The number of rotatable bonds is 4. The van der Waals surface area contributed by atoms with Gasteiger partial charge in [0.1, 0.15) is 6.23 Å². The number of aliphatic hydroxyl groups is 2. The first-order chi connectivity index (χ1) is 6.61. The van der Waals surface area contributed by atoms with Crippen molar-refractivity contribution in [1.82, 2.24) is 4.90 Å². The van der Waals surface area contributed by atoms with Crippen LogP contribution in [0.3, 0.4) is 0 Å². The third-order valence-corrected chi connectivity index (χ3v) is 2.16. The first-order valence-corrected chi connectivity index (χ1v) is 4.71. The molecule has 0 amide bonds. The first-order valence-electron chi connectivity index (χ1n) is 4.71. The third-order valence-electron chi connectivity index (χ3n) is 2.16. The summed E-state index contributed by atoms with van der Waals surface area (Å²) in [6.07, 6.45) is -1.54. The number of hydrogen-bond donors (Lipinski definition) is 2. The van der Waals surface area contributed by atoms with Crippen molar-refractivity contribution in [3.8, 4) is 0 Å². The van der Waals surface area contributed by atoms with Gasteiger partial charge >= 0.3 is 0 Å². The predicted molar refractivity (Wildman–Crippen MR) is 55.6 cm³/mol. The van der Waals surface area contributed by atoms with Crippen LogP contribution >= 0.6 is 0 Å². The van der Waals surface area contributed by atoms with Gasteiger partial charge in [0.25, 0.3) is 0 Å². The van der Waals surface area contributed by atoms with Crippen molar-refractivity contribution in [2.45, 2.75) is 25.8 Å². The Balaban J connectivity index is 2.53. The molecule has 2 N–H and O–H groups in total. The second-order valence-electron chi connectivity index (χ2n) is 3.55. The van der Waals surface area contributed by atoms with Crippen LogP contribution in [0.25, 0.3) is 0 Å². The molecule has 0 fully saturated rings. The van der Waals surface area contributed by atoms with E-state index in [9.17, 15) is 10.2 Å². The number of likely N-dealkylation sites (N-methyl/N-ethyl adjacent to an activating group) is 1. The van der Waals surface area contributed by atoms with Gasteiger partial charge in [-0.25, -0.2) is 0 Å². The summed E-state index contributed by atoms with van der Waals surface area (Å²) in [7, 11) is 1.78. The van der Waals surface area contributed by atoms with Crippen molar-refractivity contribution in [2.24, 2.45) is 0 Å². The average molecular weight is 195 g/mol. The standard InChI is InChI=1S/C11H17NO2/c1-9(13)11(14)12(2)8-10-6-4-3-5-7-10/h3-7,9,11,13-14H,8H2,1-2H3. The molecule has 0 aliphatic carbocycles. The fourth-order valence-electron chi connectivity index (χ4n) is 1.33. The summed E-state index contributed by atoms with van der Waals surface area (Å²) in [6, 6.07) is 9.85. The van der Waals surface area contributed by atoms with Crippen LogP contribution in [0.4, 0.5) is 0 Å². The van der Waals surface area contributed by atoms with Gasteiger partial charge in [-0.05, 0) is 19.5 Å². The molecule has 0 saturated heterocycles. The third kappa shape index (κ3) is 3.10. The van der Waals surface area contributed by atoms with Crippen molar-refractivity contribution in [3.05, 3.63) is 35.9 Å². The largest absolute Gasteiger partial charge is 0.389 e. The van der Waals surface area contributed by atoms with Crippen LogP contribution < -0.4 is 0 Å². The Morgan fingerprint density at radius 2 is 1.79 bits per heavy atom. The zero-order chi connectivity index (χ0) is 10.6. The molecule has 0 aliphatic rings. The smallest absolute Gasteiger partial charge is 0.133 e. The number of nitrogens with zero attached hydrogens (tertiary/aromatic N) is 1. The molecule has 0 saturated carbocycles. The van der Waals surface area contributed by atoms with Crippen molar-refractivity contribution >= 4 is 0 Å². The van der Waals surface area contributed by atoms with E-state index in [-0.39, 0.29) is 0 Å². The highest BCUT2D eigenvalue weighted by Crippen LogP contribution is 2.06. The monoisotopic (exact) mass is 195 g/mol. The maximum Gasteiger partial charge on any atom is 0.133 e. The lowest BCUT2D eigenvalue weighted by atomic mass is 10.2. The van der Waals surface area contributed by atoms with E-state index in [1.807, 2.05) is 30.3 Å². The quantitative estimate of drug-likeness (QED) is 0.699. The summed E-state index contributed by atoms with van der Waals surface area (Å²) in [6.45, 7) is 2.21. The van der Waals surface area contributed by atoms with E-state index in [0.29, 0.717) is 6.54 Å². The van der Waals surface area contributed by atoms with Gasteiger partial charge in [-0.15, -0.1) is 0 Å². The lowest BCUT2D eigenvalue weighted by Crippen LogP contribution is -2.39. The van der Waals surface area contributed by atoms with Gasteiger partial charge in [0.15, 0.2) is 0 Å². The molecule has 0 aromatic heterocycles. The molecule has 0 radical (unpaired) electrons. The molecule has 2 unspecified atom stereocenters. The van der Waals surface area contributed by atoms with Crippen LogP contribution in [0.1, 0.15) is 12.5 Å². The summed E-state index contributed by atoms with van der Waals surface area (Å²) >= 11 is 0. The fraction of sp³-hybridized carbons (Fsp3) is 0.455. The highest BCUT2D eigenvalue weighted by atomic mass is 16.3. The highest BCUT2D eigenvalue weighted by Gasteiger charge is 2.16. The Morgan fingerprint density at radius 3 is 2.29 bits per heavy atom. The van der Waals surface area contributed by atoms with E-state index in [0.717, 1.165) is 5.56 Å². The van der Waals surface area contributed by atoms with Crippen LogP contribution in [-0.4, -0.2) is 34.5 Å². The normalized spacial score (nSPS) is 15.5. The van der Waals surface area contributed by atoms with E-state index >= 15 is 0 Å². The molecule has 0 spiro atoms. The Bertz CT molecular complexity index is 261. The maximum atomic E-state index is 9.53. The van der Waals surface area contributed by atoms with E-state index < -0.39 is 12.3 Å². The van der Waals surface area contributed by atoms with E-state index in [1.54, 1.807) is 18.9 Å². The van der Waals surface area contributed by atoms with Gasteiger partial charge in [-0.3, -0.25) is 4.90 Å². The van der Waals surface area contributed by atoms with Crippen LogP contribution in [0.2, 0.25) is 0 Å². The van der Waals surface area contributed by atoms with Gasteiger partial charge in [0.05, 0.1) is 6.10 Å². The predicted octanol–water partition coefficient (Wildman–Crippen LogP) is 0.818. The Labute approximate surface area is 84.6 Å². The number of aliphatic hydroxyl groups excluding tert-OH is 2. The molecule has 3 heteroatoms. The van der Waals surface area contributed by atoms with Crippen LogP contribution in [0, 0.1) is 0 Å². The molecule has 1 aromatic rings. The van der Waals surface area contributed by atoms with Crippen molar-refractivity contribution in [3.63, 3.8) is 0 Å². The summed E-state index contributed by atoms with van der Waals surface area (Å²) in [4.78, 5) is 1.71. The zero-order valence-corrected chi connectivity index (χ0v) is 8.59. The lowest BCUT2D eigenvalue weighted by molar-refractivity contribution is -0.0677. The van der Waals surface area contributed by atoms with Crippen LogP contribution in [0.5, 0.6) is 0 Å². The summed E-state index contributed by atoms with van der Waals surface area (Å²) < 4.78 is 0. The molecular formula is C11H17NO2. The Hall–Kier alpha value is -0.900. The van der Waals surface area contributed by atoms with Crippen molar-refractivity contribution < 1.29 is 10.2 Å². The molecule has 3 nitrogen and oxygen atoms in total. The molecule has 1 rings (SSSR count). The SMILES string of the molecule is CC(O)C(O)N(C)Cc1ccccc1. The van der Waals surface area contributed by atoms with Crippen molar-refractivity contribution in [2.75, 3.05) is 7.05 Å². The molecule has 14 heavy (non-hydrogen) atoms. The van der Waals surface area contributed by atoms with E-state index in [1.165, 1.54) is 0 Å². The van der Waals surface area contributed by atoms with Gasteiger partial charge < -0.3 is 10.2 Å². The topological polar surface area (TPSA) is 43.7 Å². The lowest BCUT2D eigenvalue weighted by Gasteiger charge is -2.25. The first kappa shape index (κ1) is 11.2. The van der Waals surface area contributed by atoms with Gasteiger partial charge in [0, 0.05) is 6.54 Å². The molecule has 0 bridgehead atoms. The Kier molecular flexibility index (Phi) is 4.07. The molecule has 1 aromatic carbocycles. The molecule has 2 atom stereocenters. The minimum Gasteiger partial charge on any atom is -0.389 e. The van der Waals surface area contributed by atoms with E-state index in [2.05, 4.69) is 0 Å². The van der Waals surface area contributed by atoms with Crippen LogP contribution in [-0.2, 0) is 6.54 Å². The molecule has 0 aliphatic heterocycles. The highest BCUT2D eigenvalue weighted by molar-refractivity contribution is 5.14. The van der Waals surface area contributed by atoms with Gasteiger partial charge in [-0.2, -0.15) is 0 Å². The van der Waals surface area contributed by atoms with Crippen molar-refractivity contribution in [1.29, 1.82) is 0 Å². The summed E-state index contributed by atoms with van der Waals surface area (Å²) in [5.74, 6) is 0. The molecule has 0 heterocycles. The maximum absolute atomic E-state index is 9.53. The average Bonchev–Trinajstić information content (AvgIpc) is 2.18. The number of benzene rings is 1. The summed E-state index contributed by atoms with van der Waals surface area (Å²) in [5.41, 5.74) is 1.12. The summed E-state index contributed by atoms with van der Waals surface area (Å²) in [5, 5.41) is 18.7. The number of hydrogen-bond acceptors (Lipinski definition) is 3. The van der Waals surface area contributed by atoms with Gasteiger partial charge in [0.2, 0.25) is 0 Å². The van der Waals surface area contributed by atoms with Gasteiger partial charge in [-0.1, -0.05) is 30.3 Å². The van der Waals surface area contributed by atoms with Crippen LogP contribution in [0.15, 0.2) is 30.3 Å². The fourth-order valence-corrected chi connectivity index (χ4v) is 1.33. The Morgan fingerprint density at radius 1 is 1.21 bits per heavy atom. The molecular weight excluding hydrogens is 178 g/mol. The second kappa shape index (κ2) is 5.10. The zero-order valence-electron chi connectivity index (χ0n) is 8.59. The molecule has 78 valence electrons. The van der Waals surface area contributed by atoms with E-state index in [4.69, 9.17) is 0 Å².